The molecule has 4 aromatic rings. The molecule has 0 aliphatic rings. The van der Waals surface area contributed by atoms with Crippen molar-refractivity contribution in [2.75, 3.05) is 11.9 Å². The summed E-state index contributed by atoms with van der Waals surface area (Å²) in [5.74, 6) is 1.01. The van der Waals surface area contributed by atoms with E-state index in [1.54, 1.807) is 0 Å². The Morgan fingerprint density at radius 2 is 1.77 bits per heavy atom. The molecule has 1 amide bonds. The van der Waals surface area contributed by atoms with Gasteiger partial charge in [-0.05, 0) is 92.8 Å². The van der Waals surface area contributed by atoms with Crippen molar-refractivity contribution in [1.29, 1.82) is 0 Å². The second-order valence-corrected chi connectivity index (χ2v) is 8.01. The van der Waals surface area contributed by atoms with Crippen LogP contribution < -0.4 is 10.1 Å². The Balaban J connectivity index is 1.53. The monoisotopic (exact) mass is 414 g/mol. The van der Waals surface area contributed by atoms with Gasteiger partial charge in [0.05, 0.1) is 0 Å². The van der Waals surface area contributed by atoms with Crippen LogP contribution in [0.1, 0.15) is 27.8 Å². The van der Waals surface area contributed by atoms with Crippen LogP contribution in [-0.4, -0.2) is 17.5 Å². The highest BCUT2D eigenvalue weighted by atomic mass is 16.5. The molecule has 0 radical (unpaired) electrons. The molecule has 0 bridgehead atoms. The fourth-order valence-corrected chi connectivity index (χ4v) is 3.63. The van der Waals surface area contributed by atoms with Crippen molar-refractivity contribution in [3.63, 3.8) is 0 Å². The number of anilines is 1. The second kappa shape index (κ2) is 8.26. The highest BCUT2D eigenvalue weighted by Gasteiger charge is 2.15. The lowest BCUT2D eigenvalue weighted by Crippen LogP contribution is -2.20. The minimum atomic E-state index is -0.220. The quantitative estimate of drug-likeness (QED) is 0.431. The average molecular weight is 415 g/mol. The van der Waals surface area contributed by atoms with E-state index in [9.17, 15) is 4.79 Å². The molecule has 0 aliphatic heterocycles. The van der Waals surface area contributed by atoms with Gasteiger partial charge in [0, 0.05) is 11.3 Å². The fourth-order valence-electron chi connectivity index (χ4n) is 3.63. The average Bonchev–Trinajstić information content (AvgIpc) is 3.14. The zero-order valence-electron chi connectivity index (χ0n) is 18.5. The number of fused-ring (bicyclic) bond motifs is 1. The summed E-state index contributed by atoms with van der Waals surface area (Å²) >= 11 is 0. The van der Waals surface area contributed by atoms with Crippen molar-refractivity contribution in [2.24, 2.45) is 0 Å². The van der Waals surface area contributed by atoms with Gasteiger partial charge in [0.1, 0.15) is 11.3 Å². The molecule has 0 spiro atoms. The zero-order valence-corrected chi connectivity index (χ0v) is 18.5. The van der Waals surface area contributed by atoms with Gasteiger partial charge in [-0.1, -0.05) is 18.2 Å². The first-order valence-electron chi connectivity index (χ1n) is 10.3. The molecule has 1 aromatic heterocycles. The normalized spacial score (nSPS) is 11.0. The van der Waals surface area contributed by atoms with Crippen LogP contribution in [0.4, 0.5) is 5.69 Å². The third-order valence-electron chi connectivity index (χ3n) is 5.51. The molecule has 0 saturated carbocycles. The van der Waals surface area contributed by atoms with Crippen LogP contribution >= 0.6 is 0 Å². The van der Waals surface area contributed by atoms with Crippen LogP contribution in [0.2, 0.25) is 0 Å². The van der Waals surface area contributed by atoms with Gasteiger partial charge in [-0.3, -0.25) is 4.79 Å². The lowest BCUT2D eigenvalue weighted by molar-refractivity contribution is -0.118. The zero-order chi connectivity index (χ0) is 22.1. The summed E-state index contributed by atoms with van der Waals surface area (Å²) in [5, 5.41) is 2.94. The number of ether oxygens (including phenoxy) is 1. The number of benzene rings is 3. The third kappa shape index (κ3) is 4.31. The molecular formula is C26H26N2O3. The van der Waals surface area contributed by atoms with Crippen molar-refractivity contribution in [3.05, 3.63) is 76.3 Å². The third-order valence-corrected chi connectivity index (χ3v) is 5.51. The van der Waals surface area contributed by atoms with Crippen LogP contribution in [0, 0.1) is 34.6 Å². The summed E-state index contributed by atoms with van der Waals surface area (Å²) in [5.41, 5.74) is 8.59. The number of rotatable bonds is 5. The second-order valence-electron chi connectivity index (χ2n) is 8.01. The molecule has 5 heteroatoms. The first-order chi connectivity index (χ1) is 14.8. The van der Waals surface area contributed by atoms with E-state index in [-0.39, 0.29) is 12.5 Å². The molecule has 5 nitrogen and oxygen atoms in total. The van der Waals surface area contributed by atoms with E-state index in [1.807, 2.05) is 77.1 Å². The van der Waals surface area contributed by atoms with Crippen LogP contribution in [0.25, 0.3) is 22.6 Å². The molecule has 0 saturated heterocycles. The summed E-state index contributed by atoms with van der Waals surface area (Å²) in [4.78, 5) is 17.2. The van der Waals surface area contributed by atoms with Crippen LogP contribution in [0.15, 0.2) is 52.9 Å². The van der Waals surface area contributed by atoms with E-state index < -0.39 is 0 Å². The van der Waals surface area contributed by atoms with Gasteiger partial charge in [0.2, 0.25) is 5.89 Å². The van der Waals surface area contributed by atoms with Crippen molar-refractivity contribution >= 4 is 22.7 Å². The van der Waals surface area contributed by atoms with Gasteiger partial charge in [-0.15, -0.1) is 0 Å². The number of carbonyl (C=O) groups excluding carboxylic acids is 1. The first-order valence-corrected chi connectivity index (χ1v) is 10.3. The maximum Gasteiger partial charge on any atom is 0.262 e. The van der Waals surface area contributed by atoms with Gasteiger partial charge in [-0.25, -0.2) is 4.98 Å². The molecule has 4 rings (SSSR count). The van der Waals surface area contributed by atoms with Crippen LogP contribution in [-0.2, 0) is 4.79 Å². The Kier molecular flexibility index (Phi) is 5.51. The fraction of sp³-hybridized carbons (Fsp3) is 0.231. The maximum atomic E-state index is 12.5. The van der Waals surface area contributed by atoms with Gasteiger partial charge >= 0.3 is 0 Å². The van der Waals surface area contributed by atoms with E-state index in [0.29, 0.717) is 17.3 Å². The molecule has 0 atom stereocenters. The van der Waals surface area contributed by atoms with E-state index in [2.05, 4.69) is 16.4 Å². The lowest BCUT2D eigenvalue weighted by Gasteiger charge is -2.12. The molecule has 31 heavy (non-hydrogen) atoms. The summed E-state index contributed by atoms with van der Waals surface area (Å²) in [7, 11) is 0. The first kappa shape index (κ1) is 20.7. The SMILES string of the molecule is Cc1cc(C)c2oc(-c3cccc(NC(=O)COc4ccc(C)c(C)c4)c3C)nc2c1. The van der Waals surface area contributed by atoms with E-state index in [0.717, 1.165) is 38.9 Å². The number of hydrogen-bond acceptors (Lipinski definition) is 4. The van der Waals surface area contributed by atoms with Crippen LogP contribution in [0.3, 0.4) is 0 Å². The summed E-state index contributed by atoms with van der Waals surface area (Å²) in [6, 6.07) is 15.6. The van der Waals surface area contributed by atoms with E-state index in [1.165, 1.54) is 5.56 Å². The Morgan fingerprint density at radius 1 is 0.968 bits per heavy atom. The Morgan fingerprint density at radius 3 is 2.55 bits per heavy atom. The van der Waals surface area contributed by atoms with E-state index in [4.69, 9.17) is 9.15 Å². The largest absolute Gasteiger partial charge is 0.484 e. The predicted octanol–water partition coefficient (Wildman–Crippen LogP) is 6.05. The Bertz CT molecular complexity index is 1290. The number of nitrogens with one attached hydrogen (secondary N) is 1. The summed E-state index contributed by atoms with van der Waals surface area (Å²) < 4.78 is 11.7. The van der Waals surface area contributed by atoms with Crippen molar-refractivity contribution in [2.45, 2.75) is 34.6 Å². The number of amides is 1. The van der Waals surface area contributed by atoms with Gasteiger partial charge in [-0.2, -0.15) is 0 Å². The smallest absolute Gasteiger partial charge is 0.262 e. The maximum absolute atomic E-state index is 12.5. The van der Waals surface area contributed by atoms with Gasteiger partial charge in [0.15, 0.2) is 12.2 Å². The molecule has 0 unspecified atom stereocenters. The molecular weight excluding hydrogens is 388 g/mol. The lowest BCUT2D eigenvalue weighted by atomic mass is 10.1. The highest BCUT2D eigenvalue weighted by molar-refractivity contribution is 5.93. The Labute approximate surface area is 182 Å². The number of oxazole rings is 1. The molecule has 1 heterocycles. The van der Waals surface area contributed by atoms with E-state index >= 15 is 0 Å². The minimum absolute atomic E-state index is 0.0620. The standard InChI is InChI=1S/C26H26N2O3/c1-15-11-18(4)25-23(12-15)28-26(31-25)21-7-6-8-22(19(21)5)27-24(29)14-30-20-10-9-16(2)17(3)13-20/h6-13H,14H2,1-5H3,(H,27,29). The molecule has 1 N–H and O–H groups in total. The number of aryl methyl sites for hydroxylation is 4. The van der Waals surface area contributed by atoms with Crippen molar-refractivity contribution < 1.29 is 13.9 Å². The number of hydrogen-bond donors (Lipinski definition) is 1. The Hall–Kier alpha value is -3.60. The van der Waals surface area contributed by atoms with Gasteiger partial charge in [0.25, 0.3) is 5.91 Å². The molecule has 3 aromatic carbocycles. The summed E-state index contributed by atoms with van der Waals surface area (Å²) in [6.45, 7) is 10.0. The van der Waals surface area contributed by atoms with Crippen molar-refractivity contribution in [1.82, 2.24) is 4.98 Å². The summed E-state index contributed by atoms with van der Waals surface area (Å²) in [6.07, 6.45) is 0. The topological polar surface area (TPSA) is 64.4 Å². The molecule has 0 aliphatic carbocycles. The number of aromatic nitrogens is 1. The molecule has 0 fully saturated rings. The minimum Gasteiger partial charge on any atom is -0.484 e. The van der Waals surface area contributed by atoms with Gasteiger partial charge < -0.3 is 14.5 Å². The predicted molar refractivity (Wildman–Crippen MR) is 124 cm³/mol. The van der Waals surface area contributed by atoms with Crippen molar-refractivity contribution in [3.8, 4) is 17.2 Å². The number of carbonyl (C=O) groups is 1. The highest BCUT2D eigenvalue weighted by Crippen LogP contribution is 2.32. The van der Waals surface area contributed by atoms with Crippen LogP contribution in [0.5, 0.6) is 5.75 Å². The molecule has 158 valence electrons. The number of nitrogens with zero attached hydrogens (tertiary/aromatic N) is 1.